The number of rotatable bonds is 0. The molecule has 1 aromatic rings. The maximum atomic E-state index is 9.89. The third-order valence-electron chi connectivity index (χ3n) is 1.24. The van der Waals surface area contributed by atoms with Crippen molar-refractivity contribution in [3.63, 3.8) is 0 Å². The predicted octanol–water partition coefficient (Wildman–Crippen LogP) is 0.368. The van der Waals surface area contributed by atoms with E-state index in [-0.39, 0.29) is 0 Å². The Morgan fingerprint density at radius 3 is 1.25 bits per heavy atom. The van der Waals surface area contributed by atoms with Crippen LogP contribution >= 0.6 is 0 Å². The maximum Gasteiger partial charge on any atom is 0.306 e. The molecule has 1 aromatic carbocycles. The van der Waals surface area contributed by atoms with Crippen molar-refractivity contribution < 1.29 is 8.42 Å². The lowest BCUT2D eigenvalue weighted by molar-refractivity contribution is 0.589. The second-order valence-corrected chi connectivity index (χ2v) is 3.90. The fourth-order valence-electron chi connectivity index (χ4n) is 0.531. The van der Waals surface area contributed by atoms with Gasteiger partial charge in [-0.2, -0.15) is 8.42 Å². The summed E-state index contributed by atoms with van der Waals surface area (Å²) in [6, 6.07) is 12.0. The van der Waals surface area contributed by atoms with Gasteiger partial charge in [-0.05, 0) is 0 Å². The van der Waals surface area contributed by atoms with Gasteiger partial charge in [0.2, 0.25) is 0 Å². The van der Waals surface area contributed by atoms with Crippen LogP contribution in [0.1, 0.15) is 0 Å². The van der Waals surface area contributed by atoms with Crippen LogP contribution in [0.25, 0.3) is 0 Å². The van der Waals surface area contributed by atoms with Gasteiger partial charge in [-0.1, -0.05) is 36.4 Å². The first-order valence-corrected chi connectivity index (χ1v) is 4.83. The molecular formula is C7H10N2O2S. The van der Waals surface area contributed by atoms with Gasteiger partial charge in [-0.3, -0.25) is 0 Å². The Labute approximate surface area is 72.0 Å². The van der Waals surface area contributed by atoms with Crippen molar-refractivity contribution in [1.29, 1.82) is 0 Å². The van der Waals surface area contributed by atoms with Crippen molar-refractivity contribution in [2.24, 2.45) is 0 Å². The molecule has 0 spiro atoms. The number of nitrogens with one attached hydrogen (secondary N) is 1. The van der Waals surface area contributed by atoms with Gasteiger partial charge in [-0.15, -0.1) is 9.25 Å². The summed E-state index contributed by atoms with van der Waals surface area (Å²) >= 11 is 0. The van der Waals surface area contributed by atoms with E-state index in [1.165, 1.54) is 7.05 Å². The SMILES string of the molecule is CN1NS1(=O)=O.c1ccccc1. The van der Waals surface area contributed by atoms with Crippen molar-refractivity contribution in [3.05, 3.63) is 36.4 Å². The molecule has 4 nitrogen and oxygen atoms in total. The minimum atomic E-state index is -2.91. The topological polar surface area (TPSA) is 59.1 Å². The fraction of sp³-hybridized carbons (Fsp3) is 0.143. The molecule has 0 radical (unpaired) electrons. The molecule has 1 N–H and O–H groups in total. The number of hydrazine groups is 1. The first-order valence-electron chi connectivity index (χ1n) is 3.39. The molecule has 12 heavy (non-hydrogen) atoms. The molecule has 0 aliphatic carbocycles. The summed E-state index contributed by atoms with van der Waals surface area (Å²) in [4.78, 5) is 2.08. The summed E-state index contributed by atoms with van der Waals surface area (Å²) in [6.45, 7) is 0. The molecule has 1 aliphatic rings. The summed E-state index contributed by atoms with van der Waals surface area (Å²) in [6.07, 6.45) is 0. The third-order valence-corrected chi connectivity index (χ3v) is 2.38. The molecule has 0 saturated carbocycles. The van der Waals surface area contributed by atoms with Gasteiger partial charge in [0.1, 0.15) is 0 Å². The Bertz CT molecular complexity index is 296. The van der Waals surface area contributed by atoms with E-state index in [2.05, 4.69) is 4.83 Å². The molecule has 1 heterocycles. The lowest BCUT2D eigenvalue weighted by Gasteiger charge is -1.69. The Morgan fingerprint density at radius 2 is 1.17 bits per heavy atom. The molecule has 1 saturated heterocycles. The van der Waals surface area contributed by atoms with E-state index in [4.69, 9.17) is 0 Å². The average Bonchev–Trinajstić information content (AvgIpc) is 2.61. The minimum absolute atomic E-state index is 1.03. The van der Waals surface area contributed by atoms with E-state index in [1.807, 2.05) is 36.4 Å². The molecule has 0 aromatic heterocycles. The predicted molar refractivity (Wildman–Crippen MR) is 46.3 cm³/mol. The van der Waals surface area contributed by atoms with Gasteiger partial charge in [-0.25, -0.2) is 0 Å². The van der Waals surface area contributed by atoms with Crippen LogP contribution in [0.3, 0.4) is 0 Å². The van der Waals surface area contributed by atoms with E-state index < -0.39 is 10.2 Å². The number of hydrogen-bond acceptors (Lipinski definition) is 2. The molecular weight excluding hydrogens is 176 g/mol. The highest BCUT2D eigenvalue weighted by atomic mass is 32.2. The van der Waals surface area contributed by atoms with Crippen LogP contribution in [-0.4, -0.2) is 19.9 Å². The third kappa shape index (κ3) is 3.00. The van der Waals surface area contributed by atoms with Crippen molar-refractivity contribution in [1.82, 2.24) is 9.25 Å². The van der Waals surface area contributed by atoms with E-state index in [0.29, 0.717) is 0 Å². The van der Waals surface area contributed by atoms with Crippen LogP contribution in [0.5, 0.6) is 0 Å². The van der Waals surface area contributed by atoms with Crippen molar-refractivity contribution in [3.8, 4) is 0 Å². The van der Waals surface area contributed by atoms with Gasteiger partial charge in [0.25, 0.3) is 0 Å². The molecule has 2 rings (SSSR count). The highest BCUT2D eigenvalue weighted by molar-refractivity contribution is 7.92. The lowest BCUT2D eigenvalue weighted by atomic mass is 10.4. The van der Waals surface area contributed by atoms with Crippen LogP contribution in [0.2, 0.25) is 0 Å². The molecule has 0 amide bonds. The zero-order valence-corrected chi connectivity index (χ0v) is 7.45. The van der Waals surface area contributed by atoms with Crippen LogP contribution in [0.4, 0.5) is 0 Å². The average molecular weight is 186 g/mol. The van der Waals surface area contributed by atoms with Crippen molar-refractivity contribution in [2.75, 3.05) is 7.05 Å². The summed E-state index contributed by atoms with van der Waals surface area (Å²) in [5, 5.41) is 0. The molecule has 0 bridgehead atoms. The van der Waals surface area contributed by atoms with E-state index >= 15 is 0 Å². The largest absolute Gasteiger partial charge is 0.306 e. The second-order valence-electron chi connectivity index (χ2n) is 2.22. The molecule has 1 aliphatic heterocycles. The normalized spacial score (nSPS) is 23.6. The monoisotopic (exact) mass is 186 g/mol. The van der Waals surface area contributed by atoms with E-state index in [1.54, 1.807) is 0 Å². The van der Waals surface area contributed by atoms with Crippen molar-refractivity contribution >= 4 is 10.2 Å². The quantitative estimate of drug-likeness (QED) is 0.595. The molecule has 66 valence electrons. The van der Waals surface area contributed by atoms with Gasteiger partial charge < -0.3 is 0 Å². The van der Waals surface area contributed by atoms with Gasteiger partial charge in [0, 0.05) is 7.05 Å². The Balaban J connectivity index is 0.000000120. The molecule has 1 atom stereocenters. The lowest BCUT2D eigenvalue weighted by Crippen LogP contribution is -1.85. The molecule has 5 heteroatoms. The molecule has 1 fully saturated rings. The van der Waals surface area contributed by atoms with E-state index in [0.717, 1.165) is 4.41 Å². The van der Waals surface area contributed by atoms with Gasteiger partial charge in [0.05, 0.1) is 0 Å². The highest BCUT2D eigenvalue weighted by Gasteiger charge is 2.34. The molecule has 1 unspecified atom stereocenters. The Kier molecular flexibility index (Phi) is 2.80. The zero-order valence-electron chi connectivity index (χ0n) is 6.64. The number of hydrogen-bond donors (Lipinski definition) is 1. The summed E-state index contributed by atoms with van der Waals surface area (Å²) in [7, 11) is -1.47. The summed E-state index contributed by atoms with van der Waals surface area (Å²) in [5.41, 5.74) is 0. The maximum absolute atomic E-state index is 9.89. The Hall–Kier alpha value is -0.910. The number of benzene rings is 1. The van der Waals surface area contributed by atoms with E-state index in [9.17, 15) is 8.42 Å². The van der Waals surface area contributed by atoms with Gasteiger partial charge in [0.15, 0.2) is 0 Å². The van der Waals surface area contributed by atoms with Crippen molar-refractivity contribution in [2.45, 2.75) is 0 Å². The minimum Gasteiger partial charge on any atom is -0.192 e. The fourth-order valence-corrected chi connectivity index (χ4v) is 1.00. The summed E-state index contributed by atoms with van der Waals surface area (Å²) < 4.78 is 20.8. The Morgan fingerprint density at radius 1 is 1.00 bits per heavy atom. The highest BCUT2D eigenvalue weighted by Crippen LogP contribution is 2.02. The first kappa shape index (κ1) is 9.18. The first-order chi connectivity index (χ1) is 5.63. The van der Waals surface area contributed by atoms with Crippen LogP contribution in [0.15, 0.2) is 36.4 Å². The van der Waals surface area contributed by atoms with Gasteiger partial charge >= 0.3 is 10.2 Å². The van der Waals surface area contributed by atoms with Crippen LogP contribution in [-0.2, 0) is 10.2 Å². The standard InChI is InChI=1S/C6H6.CH4N2O2S/c1-2-4-6-5-3-1;1-3-2-6(3,4)5/h1-6H;2H,1H3. The summed E-state index contributed by atoms with van der Waals surface area (Å²) in [5.74, 6) is 0. The van der Waals surface area contributed by atoms with Crippen LogP contribution < -0.4 is 4.83 Å². The second kappa shape index (κ2) is 3.66. The van der Waals surface area contributed by atoms with Crippen LogP contribution in [0, 0.1) is 0 Å². The smallest absolute Gasteiger partial charge is 0.192 e. The number of nitrogens with zero attached hydrogens (tertiary/aromatic N) is 1. The zero-order chi connectivity index (χ0) is 9.03.